The average Bonchev–Trinajstić information content (AvgIpc) is 2.36. The molecule has 0 aliphatic carbocycles. The second-order valence-corrected chi connectivity index (χ2v) is 5.44. The highest BCUT2D eigenvalue weighted by molar-refractivity contribution is 6.38. The van der Waals surface area contributed by atoms with Crippen LogP contribution in [0.25, 0.3) is 0 Å². The number of likely N-dealkylation sites (tertiary alicyclic amines) is 1. The standard InChI is InChI=1S/C14H25NO2/c1-5-14(4,6-2)12(16)13(17)15-10-8-7-9-11(15)3/h11H,5-10H2,1-4H3. The van der Waals surface area contributed by atoms with Gasteiger partial charge in [0.05, 0.1) is 0 Å². The first-order valence-electron chi connectivity index (χ1n) is 6.81. The Morgan fingerprint density at radius 3 is 2.29 bits per heavy atom. The summed E-state index contributed by atoms with van der Waals surface area (Å²) in [5.41, 5.74) is -0.478. The summed E-state index contributed by atoms with van der Waals surface area (Å²) < 4.78 is 0. The third-order valence-corrected chi connectivity index (χ3v) is 4.37. The van der Waals surface area contributed by atoms with Crippen molar-refractivity contribution in [3.8, 4) is 0 Å². The highest BCUT2D eigenvalue weighted by atomic mass is 16.2. The number of carbonyl (C=O) groups excluding carboxylic acids is 2. The predicted octanol–water partition coefficient (Wildman–Crippen LogP) is 2.78. The summed E-state index contributed by atoms with van der Waals surface area (Å²) in [6, 6.07) is 0.221. The molecular weight excluding hydrogens is 214 g/mol. The normalized spacial score (nSPS) is 21.4. The molecule has 1 aliphatic heterocycles. The quantitative estimate of drug-likeness (QED) is 0.707. The van der Waals surface area contributed by atoms with Gasteiger partial charge >= 0.3 is 0 Å². The third-order valence-electron chi connectivity index (χ3n) is 4.37. The van der Waals surface area contributed by atoms with Crippen LogP contribution in [0, 0.1) is 5.41 Å². The molecule has 0 aromatic carbocycles. The molecule has 0 aromatic heterocycles. The van der Waals surface area contributed by atoms with Gasteiger partial charge < -0.3 is 4.90 Å². The summed E-state index contributed by atoms with van der Waals surface area (Å²) in [5.74, 6) is -0.459. The average molecular weight is 239 g/mol. The summed E-state index contributed by atoms with van der Waals surface area (Å²) in [7, 11) is 0. The Labute approximate surface area is 105 Å². The van der Waals surface area contributed by atoms with E-state index in [-0.39, 0.29) is 17.7 Å². The molecule has 0 saturated carbocycles. The first-order valence-corrected chi connectivity index (χ1v) is 6.81. The van der Waals surface area contributed by atoms with E-state index < -0.39 is 5.41 Å². The van der Waals surface area contributed by atoms with E-state index in [4.69, 9.17) is 0 Å². The van der Waals surface area contributed by atoms with Crippen LogP contribution in [-0.2, 0) is 9.59 Å². The van der Waals surface area contributed by atoms with Crippen molar-refractivity contribution >= 4 is 11.7 Å². The van der Waals surface area contributed by atoms with Gasteiger partial charge in [-0.15, -0.1) is 0 Å². The lowest BCUT2D eigenvalue weighted by molar-refractivity contribution is -0.152. The van der Waals surface area contributed by atoms with Crippen LogP contribution >= 0.6 is 0 Å². The highest BCUT2D eigenvalue weighted by Crippen LogP contribution is 2.28. The van der Waals surface area contributed by atoms with Crippen LogP contribution in [0.1, 0.15) is 59.8 Å². The molecule has 0 aromatic rings. The van der Waals surface area contributed by atoms with Gasteiger partial charge in [-0.1, -0.05) is 20.8 Å². The molecule has 3 heteroatoms. The third kappa shape index (κ3) is 2.88. The largest absolute Gasteiger partial charge is 0.333 e. The molecule has 1 heterocycles. The maximum absolute atomic E-state index is 12.3. The van der Waals surface area contributed by atoms with Crippen LogP contribution in [0.15, 0.2) is 0 Å². The number of hydrogen-bond donors (Lipinski definition) is 0. The van der Waals surface area contributed by atoms with Gasteiger partial charge in [-0.25, -0.2) is 0 Å². The SMILES string of the molecule is CCC(C)(CC)C(=O)C(=O)N1CCCCC1C. The van der Waals surface area contributed by atoms with Crippen LogP contribution in [-0.4, -0.2) is 29.2 Å². The Morgan fingerprint density at radius 1 is 1.24 bits per heavy atom. The van der Waals surface area contributed by atoms with Crippen molar-refractivity contribution in [3.63, 3.8) is 0 Å². The van der Waals surface area contributed by atoms with Gasteiger partial charge in [0.25, 0.3) is 5.91 Å². The van der Waals surface area contributed by atoms with Crippen LogP contribution in [0.2, 0.25) is 0 Å². The molecule has 0 N–H and O–H groups in total. The Balaban J connectivity index is 2.78. The number of amides is 1. The van der Waals surface area contributed by atoms with Gasteiger partial charge in [-0.3, -0.25) is 9.59 Å². The molecule has 1 aliphatic rings. The first-order chi connectivity index (χ1) is 7.96. The van der Waals surface area contributed by atoms with Crippen molar-refractivity contribution < 1.29 is 9.59 Å². The lowest BCUT2D eigenvalue weighted by atomic mass is 9.79. The summed E-state index contributed by atoms with van der Waals surface area (Å²) in [4.78, 5) is 26.3. The Morgan fingerprint density at radius 2 is 1.82 bits per heavy atom. The van der Waals surface area contributed by atoms with Crippen molar-refractivity contribution in [2.24, 2.45) is 5.41 Å². The summed E-state index contributed by atoms with van der Waals surface area (Å²) in [5, 5.41) is 0. The molecule has 1 saturated heterocycles. The van der Waals surface area contributed by atoms with Crippen LogP contribution in [0.4, 0.5) is 0 Å². The number of ketones is 1. The molecule has 1 amide bonds. The van der Waals surface area contributed by atoms with E-state index in [0.29, 0.717) is 0 Å². The van der Waals surface area contributed by atoms with Gasteiger partial charge in [0, 0.05) is 18.0 Å². The van der Waals surface area contributed by atoms with E-state index >= 15 is 0 Å². The van der Waals surface area contributed by atoms with Crippen molar-refractivity contribution in [2.45, 2.75) is 65.8 Å². The van der Waals surface area contributed by atoms with E-state index in [1.807, 2.05) is 27.7 Å². The van der Waals surface area contributed by atoms with Crippen molar-refractivity contribution in [1.29, 1.82) is 0 Å². The molecule has 1 unspecified atom stereocenters. The fourth-order valence-corrected chi connectivity index (χ4v) is 2.36. The smallest absolute Gasteiger partial charge is 0.290 e. The minimum atomic E-state index is -0.478. The number of Topliss-reactive ketones (excluding diaryl/α,β-unsaturated/α-hetero) is 1. The number of nitrogens with zero attached hydrogens (tertiary/aromatic N) is 1. The van der Waals surface area contributed by atoms with Gasteiger partial charge in [0.2, 0.25) is 5.78 Å². The van der Waals surface area contributed by atoms with Gasteiger partial charge in [-0.2, -0.15) is 0 Å². The number of piperidine rings is 1. The van der Waals surface area contributed by atoms with E-state index in [1.165, 1.54) is 0 Å². The molecule has 1 rings (SSSR count). The van der Waals surface area contributed by atoms with E-state index in [2.05, 4.69) is 0 Å². The summed E-state index contributed by atoms with van der Waals surface area (Å²) >= 11 is 0. The maximum Gasteiger partial charge on any atom is 0.290 e. The van der Waals surface area contributed by atoms with Crippen LogP contribution in [0.3, 0.4) is 0 Å². The van der Waals surface area contributed by atoms with Crippen LogP contribution in [0.5, 0.6) is 0 Å². The number of hydrogen-bond acceptors (Lipinski definition) is 2. The van der Waals surface area contributed by atoms with Gasteiger partial charge in [0.15, 0.2) is 0 Å². The Kier molecular flexibility index (Phi) is 4.72. The number of rotatable bonds is 4. The first kappa shape index (κ1) is 14.2. The predicted molar refractivity (Wildman–Crippen MR) is 68.7 cm³/mol. The second-order valence-electron chi connectivity index (χ2n) is 5.44. The minimum Gasteiger partial charge on any atom is -0.333 e. The topological polar surface area (TPSA) is 37.4 Å². The maximum atomic E-state index is 12.3. The van der Waals surface area contributed by atoms with Crippen molar-refractivity contribution in [2.75, 3.05) is 6.54 Å². The molecular formula is C14H25NO2. The Hall–Kier alpha value is -0.860. The molecule has 17 heavy (non-hydrogen) atoms. The van der Waals surface area contributed by atoms with E-state index in [0.717, 1.165) is 38.6 Å². The van der Waals surface area contributed by atoms with Crippen LogP contribution < -0.4 is 0 Å². The van der Waals surface area contributed by atoms with Crippen molar-refractivity contribution in [3.05, 3.63) is 0 Å². The molecule has 1 atom stereocenters. The second kappa shape index (κ2) is 5.65. The molecule has 1 fully saturated rings. The number of carbonyl (C=O) groups is 2. The van der Waals surface area contributed by atoms with E-state index in [1.54, 1.807) is 4.90 Å². The van der Waals surface area contributed by atoms with E-state index in [9.17, 15) is 9.59 Å². The zero-order valence-electron chi connectivity index (χ0n) is 11.6. The minimum absolute atomic E-state index is 0.198. The highest BCUT2D eigenvalue weighted by Gasteiger charge is 2.38. The molecule has 0 radical (unpaired) electrons. The summed E-state index contributed by atoms with van der Waals surface area (Å²) in [6.45, 7) is 8.65. The molecule has 3 nitrogen and oxygen atoms in total. The zero-order chi connectivity index (χ0) is 13.1. The lowest BCUT2D eigenvalue weighted by Crippen LogP contribution is -2.49. The summed E-state index contributed by atoms with van der Waals surface area (Å²) in [6.07, 6.45) is 4.68. The molecule has 0 spiro atoms. The van der Waals surface area contributed by atoms with Gasteiger partial charge in [0.1, 0.15) is 0 Å². The lowest BCUT2D eigenvalue weighted by Gasteiger charge is -2.35. The zero-order valence-corrected chi connectivity index (χ0v) is 11.6. The van der Waals surface area contributed by atoms with Crippen molar-refractivity contribution in [1.82, 2.24) is 4.90 Å². The fraction of sp³-hybridized carbons (Fsp3) is 0.857. The molecule has 98 valence electrons. The van der Waals surface area contributed by atoms with Gasteiger partial charge in [-0.05, 0) is 39.0 Å². The fourth-order valence-electron chi connectivity index (χ4n) is 2.36. The Bertz CT molecular complexity index is 295. The molecule has 0 bridgehead atoms. The monoisotopic (exact) mass is 239 g/mol.